The molecule has 0 amide bonds. The number of nitrogens with zero attached hydrogens (tertiary/aromatic N) is 4. The number of aryl methyl sites for hydroxylation is 2. The second-order valence-electron chi connectivity index (χ2n) is 7.01. The normalized spacial score (nSPS) is 17.6. The second-order valence-corrected chi connectivity index (χ2v) is 7.01. The van der Waals surface area contributed by atoms with Crippen molar-refractivity contribution in [3.8, 4) is 5.88 Å². The molecule has 1 aromatic rings. The second kappa shape index (κ2) is 11.5. The molecule has 2 aliphatic heterocycles. The summed E-state index contributed by atoms with van der Waals surface area (Å²) in [5, 5.41) is 20.1. The number of carbonyl (C=O) groups is 2. The van der Waals surface area contributed by atoms with Crippen LogP contribution in [0.5, 0.6) is 5.88 Å². The number of carboxylic acid groups (broad SMARTS) is 2. The summed E-state index contributed by atoms with van der Waals surface area (Å²) in [6.07, 6.45) is 5.89. The molecule has 1 saturated heterocycles. The van der Waals surface area contributed by atoms with Crippen LogP contribution in [0.1, 0.15) is 25.0 Å². The van der Waals surface area contributed by atoms with Gasteiger partial charge in [0.2, 0.25) is 5.88 Å². The van der Waals surface area contributed by atoms with Gasteiger partial charge in [0.1, 0.15) is 0 Å². The van der Waals surface area contributed by atoms with E-state index in [1.54, 1.807) is 0 Å². The van der Waals surface area contributed by atoms with Crippen LogP contribution in [-0.2, 0) is 22.6 Å². The number of likely N-dealkylation sites (N-methyl/N-ethyl adjacent to an activating group) is 1. The van der Waals surface area contributed by atoms with Crippen molar-refractivity contribution in [3.63, 3.8) is 0 Å². The van der Waals surface area contributed by atoms with Crippen molar-refractivity contribution in [2.75, 3.05) is 46.4 Å². The van der Waals surface area contributed by atoms with E-state index in [0.29, 0.717) is 12.2 Å². The lowest BCUT2D eigenvalue weighted by molar-refractivity contribution is -0.134. The van der Waals surface area contributed by atoms with Crippen LogP contribution in [0.4, 0.5) is 0 Å². The highest BCUT2D eigenvalue weighted by atomic mass is 16.5. The lowest BCUT2D eigenvalue weighted by Gasteiger charge is -2.32. The number of aliphatic carboxylic acids is 2. The van der Waals surface area contributed by atoms with Gasteiger partial charge in [-0.15, -0.1) is 5.10 Å². The van der Waals surface area contributed by atoms with Crippen LogP contribution >= 0.6 is 0 Å². The molecule has 1 fully saturated rings. The smallest absolute Gasteiger partial charge is 0.328 e. The highest BCUT2D eigenvalue weighted by Gasteiger charge is 2.14. The molecule has 2 aliphatic rings. The summed E-state index contributed by atoms with van der Waals surface area (Å²) in [6, 6.07) is 2.12. The topological polar surface area (TPSA) is 108 Å². The van der Waals surface area contributed by atoms with Crippen molar-refractivity contribution in [2.45, 2.75) is 32.2 Å². The summed E-state index contributed by atoms with van der Waals surface area (Å²) in [5.74, 6) is -1.69. The monoisotopic (exact) mass is 394 g/mol. The van der Waals surface area contributed by atoms with Crippen molar-refractivity contribution in [1.82, 2.24) is 19.6 Å². The molecule has 9 nitrogen and oxygen atoms in total. The summed E-state index contributed by atoms with van der Waals surface area (Å²) in [7, 11) is 2.20. The van der Waals surface area contributed by atoms with Gasteiger partial charge in [-0.1, -0.05) is 0 Å². The fraction of sp³-hybridized carbons (Fsp3) is 0.632. The van der Waals surface area contributed by atoms with Gasteiger partial charge in [-0.3, -0.25) is 4.68 Å². The minimum Gasteiger partial charge on any atom is -0.478 e. The molecule has 1 aromatic heterocycles. The predicted octanol–water partition coefficient (Wildman–Crippen LogP) is 0.948. The molecule has 3 rings (SSSR count). The van der Waals surface area contributed by atoms with Crippen molar-refractivity contribution in [2.24, 2.45) is 0 Å². The molecule has 0 atom stereocenters. The maximum absolute atomic E-state index is 9.55. The largest absolute Gasteiger partial charge is 0.478 e. The third-order valence-corrected chi connectivity index (χ3v) is 4.73. The van der Waals surface area contributed by atoms with Crippen LogP contribution in [0.2, 0.25) is 0 Å². The minimum atomic E-state index is -1.26. The van der Waals surface area contributed by atoms with Crippen LogP contribution < -0.4 is 4.74 Å². The van der Waals surface area contributed by atoms with Crippen molar-refractivity contribution >= 4 is 11.9 Å². The van der Waals surface area contributed by atoms with E-state index in [1.807, 2.05) is 0 Å². The zero-order valence-electron chi connectivity index (χ0n) is 16.4. The van der Waals surface area contributed by atoms with Crippen LogP contribution in [0.25, 0.3) is 0 Å². The zero-order valence-corrected chi connectivity index (χ0v) is 16.4. The Morgan fingerprint density at radius 1 is 1.11 bits per heavy atom. The number of hydrogen-bond donors (Lipinski definition) is 2. The van der Waals surface area contributed by atoms with Gasteiger partial charge in [0.05, 0.1) is 6.61 Å². The molecule has 0 aromatic carbocycles. The number of fused-ring (bicyclic) bond motifs is 1. The Bertz CT molecular complexity index is 626. The summed E-state index contributed by atoms with van der Waals surface area (Å²) in [4.78, 5) is 24.0. The molecule has 28 heavy (non-hydrogen) atoms. The molecular weight excluding hydrogens is 364 g/mol. The van der Waals surface area contributed by atoms with Gasteiger partial charge in [-0.05, 0) is 32.7 Å². The maximum atomic E-state index is 9.55. The molecule has 0 spiro atoms. The Morgan fingerprint density at radius 2 is 1.79 bits per heavy atom. The molecule has 156 valence electrons. The van der Waals surface area contributed by atoms with Gasteiger partial charge in [0, 0.05) is 63.2 Å². The van der Waals surface area contributed by atoms with E-state index >= 15 is 0 Å². The van der Waals surface area contributed by atoms with Crippen LogP contribution in [-0.4, -0.2) is 88.1 Å². The molecule has 0 radical (unpaired) electrons. The highest BCUT2D eigenvalue weighted by Crippen LogP contribution is 2.19. The number of piperazine rings is 1. The number of aromatic nitrogens is 2. The fourth-order valence-electron chi connectivity index (χ4n) is 3.14. The molecule has 9 heteroatoms. The molecular formula is C19H30N4O5. The van der Waals surface area contributed by atoms with E-state index in [2.05, 4.69) is 32.7 Å². The van der Waals surface area contributed by atoms with Crippen LogP contribution in [0.3, 0.4) is 0 Å². The van der Waals surface area contributed by atoms with Gasteiger partial charge < -0.3 is 24.7 Å². The Morgan fingerprint density at radius 3 is 2.39 bits per heavy atom. The van der Waals surface area contributed by atoms with Gasteiger partial charge in [0.15, 0.2) is 0 Å². The minimum absolute atomic E-state index is 0.558. The predicted molar refractivity (Wildman–Crippen MR) is 104 cm³/mol. The van der Waals surface area contributed by atoms with Gasteiger partial charge in [-0.2, -0.15) is 0 Å². The van der Waals surface area contributed by atoms with Gasteiger partial charge >= 0.3 is 11.9 Å². The number of hydrogen-bond acceptors (Lipinski definition) is 6. The lowest BCUT2D eigenvalue weighted by Crippen LogP contribution is -2.44. The third-order valence-electron chi connectivity index (χ3n) is 4.73. The molecule has 0 bridgehead atoms. The quantitative estimate of drug-likeness (QED) is 0.520. The average Bonchev–Trinajstić information content (AvgIpc) is 3.08. The zero-order chi connectivity index (χ0) is 20.4. The van der Waals surface area contributed by atoms with Crippen molar-refractivity contribution in [3.05, 3.63) is 23.9 Å². The number of rotatable bonds is 7. The Balaban J connectivity index is 0.000000300. The first kappa shape index (κ1) is 21.9. The van der Waals surface area contributed by atoms with E-state index in [4.69, 9.17) is 14.9 Å². The van der Waals surface area contributed by atoms with Gasteiger partial charge in [0.25, 0.3) is 0 Å². The van der Waals surface area contributed by atoms with E-state index in [0.717, 1.165) is 38.4 Å². The van der Waals surface area contributed by atoms with Crippen LogP contribution in [0, 0.1) is 0 Å². The van der Waals surface area contributed by atoms with Crippen LogP contribution in [0.15, 0.2) is 18.2 Å². The summed E-state index contributed by atoms with van der Waals surface area (Å²) in [6.45, 7) is 7.73. The first-order valence-corrected chi connectivity index (χ1v) is 9.68. The Kier molecular flexibility index (Phi) is 8.96. The Labute approximate surface area is 165 Å². The number of ether oxygens (including phenoxy) is 1. The first-order valence-electron chi connectivity index (χ1n) is 9.68. The molecule has 0 aliphatic carbocycles. The third kappa shape index (κ3) is 8.10. The molecule has 0 saturated carbocycles. The van der Waals surface area contributed by atoms with Gasteiger partial charge in [-0.25, -0.2) is 9.59 Å². The summed E-state index contributed by atoms with van der Waals surface area (Å²) in [5.41, 5.74) is 1.34. The van der Waals surface area contributed by atoms with E-state index in [9.17, 15) is 9.59 Å². The molecule has 2 N–H and O–H groups in total. The number of carboxylic acids is 2. The fourth-order valence-corrected chi connectivity index (χ4v) is 3.14. The van der Waals surface area contributed by atoms with E-state index in [1.165, 1.54) is 44.7 Å². The van der Waals surface area contributed by atoms with E-state index < -0.39 is 11.9 Å². The average molecular weight is 394 g/mol. The van der Waals surface area contributed by atoms with Crippen molar-refractivity contribution in [1.29, 1.82) is 0 Å². The summed E-state index contributed by atoms with van der Waals surface area (Å²) >= 11 is 0. The summed E-state index contributed by atoms with van der Waals surface area (Å²) < 4.78 is 7.91. The highest BCUT2D eigenvalue weighted by molar-refractivity contribution is 5.89. The SMILES string of the molecule is CN1CCN(CCCOc2cc3n(n2)CCCC3)CC1.O=C(O)C=CC(=O)O. The standard InChI is InChI=1S/C15H26N4O.C4H4O4/c1-17-8-10-18(11-9-17)6-4-12-20-15-13-14-5-2-3-7-19(14)16-15;5-3(6)1-2-4(7)8/h13H,2-12H2,1H3;1-2H,(H,5,6)(H,7,8). The molecule has 3 heterocycles. The van der Waals surface area contributed by atoms with E-state index in [-0.39, 0.29) is 0 Å². The molecule has 0 unspecified atom stereocenters. The first-order chi connectivity index (χ1) is 13.4. The maximum Gasteiger partial charge on any atom is 0.328 e. The Hall–Kier alpha value is -2.39. The lowest BCUT2D eigenvalue weighted by atomic mass is 10.1. The van der Waals surface area contributed by atoms with Crippen molar-refractivity contribution < 1.29 is 24.5 Å².